The Morgan fingerprint density at radius 2 is 2.18 bits per heavy atom. The monoisotopic (exact) mass is 229 g/mol. The molecule has 2 N–H and O–H groups in total. The van der Waals surface area contributed by atoms with Crippen LogP contribution in [0, 0.1) is 0 Å². The number of aryl methyl sites for hydroxylation is 2. The van der Waals surface area contributed by atoms with Crippen molar-refractivity contribution in [3.05, 3.63) is 35.8 Å². The molecule has 0 saturated carbocycles. The van der Waals surface area contributed by atoms with Crippen LogP contribution in [-0.2, 0) is 19.4 Å². The van der Waals surface area contributed by atoms with Crippen LogP contribution < -0.4 is 5.32 Å². The van der Waals surface area contributed by atoms with E-state index in [2.05, 4.69) is 25.3 Å². The van der Waals surface area contributed by atoms with E-state index in [1.165, 1.54) is 24.2 Å². The fourth-order valence-corrected chi connectivity index (χ4v) is 2.16. The van der Waals surface area contributed by atoms with Gasteiger partial charge in [-0.05, 0) is 25.7 Å². The zero-order valence-corrected chi connectivity index (χ0v) is 9.61. The molecule has 0 amide bonds. The lowest BCUT2D eigenvalue weighted by molar-refractivity contribution is 0.667. The maximum absolute atomic E-state index is 4.60. The van der Waals surface area contributed by atoms with Crippen molar-refractivity contribution in [3.8, 4) is 0 Å². The van der Waals surface area contributed by atoms with Crippen LogP contribution >= 0.6 is 0 Å². The van der Waals surface area contributed by atoms with E-state index in [0.29, 0.717) is 6.54 Å². The number of nitrogens with one attached hydrogen (secondary N) is 2. The first-order valence-electron chi connectivity index (χ1n) is 5.98. The number of nitrogens with zero attached hydrogens (tertiary/aromatic N) is 3. The number of rotatable bonds is 3. The van der Waals surface area contributed by atoms with Gasteiger partial charge < -0.3 is 10.3 Å². The molecule has 3 rings (SSSR count). The standard InChI is InChI=1S/C12H15N5/c1-2-4-10-9(3-1)16-12(17-10)8-15-11-7-13-5-6-14-11/h5-7H,1-4,8H2,(H,14,15)(H,16,17). The highest BCUT2D eigenvalue weighted by molar-refractivity contribution is 5.30. The number of imidazole rings is 1. The summed E-state index contributed by atoms with van der Waals surface area (Å²) in [5.41, 5.74) is 2.55. The number of hydrogen-bond donors (Lipinski definition) is 2. The summed E-state index contributed by atoms with van der Waals surface area (Å²) < 4.78 is 0. The molecule has 0 saturated heterocycles. The maximum Gasteiger partial charge on any atom is 0.144 e. The third-order valence-electron chi connectivity index (χ3n) is 3.00. The van der Waals surface area contributed by atoms with E-state index in [1.54, 1.807) is 18.6 Å². The van der Waals surface area contributed by atoms with E-state index in [0.717, 1.165) is 24.5 Å². The van der Waals surface area contributed by atoms with Crippen LogP contribution in [-0.4, -0.2) is 19.9 Å². The summed E-state index contributed by atoms with van der Waals surface area (Å²) in [6.45, 7) is 0.672. The topological polar surface area (TPSA) is 66.5 Å². The van der Waals surface area contributed by atoms with Gasteiger partial charge in [-0.1, -0.05) is 0 Å². The largest absolute Gasteiger partial charge is 0.362 e. The Morgan fingerprint density at radius 3 is 3.00 bits per heavy atom. The van der Waals surface area contributed by atoms with Crippen molar-refractivity contribution in [1.29, 1.82) is 0 Å². The molecule has 5 heteroatoms. The lowest BCUT2D eigenvalue weighted by atomic mass is 10.0. The molecule has 2 heterocycles. The zero-order valence-electron chi connectivity index (χ0n) is 9.61. The van der Waals surface area contributed by atoms with Crippen LogP contribution in [0.15, 0.2) is 18.6 Å². The summed E-state index contributed by atoms with van der Waals surface area (Å²) in [7, 11) is 0. The summed E-state index contributed by atoms with van der Waals surface area (Å²) in [6, 6.07) is 0. The fraction of sp³-hybridized carbons (Fsp3) is 0.417. The molecule has 1 aliphatic rings. The smallest absolute Gasteiger partial charge is 0.144 e. The lowest BCUT2D eigenvalue weighted by Crippen LogP contribution is -2.03. The molecule has 0 unspecified atom stereocenters. The SMILES string of the molecule is c1cnc(NCc2nc3c([nH]2)CCCC3)cn1. The Balaban J connectivity index is 1.67. The van der Waals surface area contributed by atoms with E-state index in [-0.39, 0.29) is 0 Å². The highest BCUT2D eigenvalue weighted by Crippen LogP contribution is 2.18. The van der Waals surface area contributed by atoms with Crippen molar-refractivity contribution in [2.75, 3.05) is 5.32 Å². The average Bonchev–Trinajstić information content (AvgIpc) is 2.80. The molecule has 88 valence electrons. The molecule has 0 atom stereocenters. The molecule has 0 spiro atoms. The van der Waals surface area contributed by atoms with Crippen LogP contribution in [0.2, 0.25) is 0 Å². The van der Waals surface area contributed by atoms with Crippen molar-refractivity contribution < 1.29 is 0 Å². The normalized spacial score (nSPS) is 14.4. The van der Waals surface area contributed by atoms with Crippen LogP contribution in [0.25, 0.3) is 0 Å². The quantitative estimate of drug-likeness (QED) is 0.840. The first-order valence-corrected chi connectivity index (χ1v) is 5.98. The number of fused-ring (bicyclic) bond motifs is 1. The van der Waals surface area contributed by atoms with E-state index in [4.69, 9.17) is 0 Å². The zero-order chi connectivity index (χ0) is 11.5. The van der Waals surface area contributed by atoms with E-state index >= 15 is 0 Å². The van der Waals surface area contributed by atoms with Gasteiger partial charge in [0.05, 0.1) is 18.4 Å². The summed E-state index contributed by atoms with van der Waals surface area (Å²) >= 11 is 0. The van der Waals surface area contributed by atoms with E-state index < -0.39 is 0 Å². The molecule has 0 aromatic carbocycles. The second-order valence-electron chi connectivity index (χ2n) is 4.26. The molecule has 2 aromatic heterocycles. The van der Waals surface area contributed by atoms with Gasteiger partial charge in [0.25, 0.3) is 0 Å². The average molecular weight is 229 g/mol. The van der Waals surface area contributed by atoms with Gasteiger partial charge in [0, 0.05) is 18.1 Å². The number of aromatic nitrogens is 4. The minimum Gasteiger partial charge on any atom is -0.362 e. The van der Waals surface area contributed by atoms with Gasteiger partial charge in [0.15, 0.2) is 0 Å². The Bertz CT molecular complexity index is 467. The molecule has 1 aliphatic carbocycles. The highest BCUT2D eigenvalue weighted by Gasteiger charge is 2.13. The van der Waals surface area contributed by atoms with Crippen LogP contribution in [0.4, 0.5) is 5.82 Å². The van der Waals surface area contributed by atoms with Gasteiger partial charge >= 0.3 is 0 Å². The number of hydrogen-bond acceptors (Lipinski definition) is 4. The predicted octanol–water partition coefficient (Wildman–Crippen LogP) is 1.69. The third-order valence-corrected chi connectivity index (χ3v) is 3.00. The van der Waals surface area contributed by atoms with Gasteiger partial charge in [0.1, 0.15) is 11.6 Å². The van der Waals surface area contributed by atoms with Crippen LogP contribution in [0.5, 0.6) is 0 Å². The Labute approximate surface area is 99.7 Å². The molecular formula is C12H15N5. The molecule has 2 aromatic rings. The van der Waals surface area contributed by atoms with Gasteiger partial charge in [-0.2, -0.15) is 0 Å². The van der Waals surface area contributed by atoms with Crippen molar-refractivity contribution in [1.82, 2.24) is 19.9 Å². The summed E-state index contributed by atoms with van der Waals surface area (Å²) in [6.07, 6.45) is 9.82. The molecule has 0 radical (unpaired) electrons. The van der Waals surface area contributed by atoms with Gasteiger partial charge in [0.2, 0.25) is 0 Å². The van der Waals surface area contributed by atoms with Crippen molar-refractivity contribution in [2.45, 2.75) is 32.2 Å². The Kier molecular flexibility index (Phi) is 2.73. The van der Waals surface area contributed by atoms with Gasteiger partial charge in [-0.15, -0.1) is 0 Å². The molecule has 0 bridgehead atoms. The molecule has 5 nitrogen and oxygen atoms in total. The molecular weight excluding hydrogens is 214 g/mol. The van der Waals surface area contributed by atoms with Gasteiger partial charge in [-0.25, -0.2) is 9.97 Å². The Hall–Kier alpha value is -1.91. The summed E-state index contributed by atoms with van der Waals surface area (Å²) in [5.74, 6) is 1.77. The van der Waals surface area contributed by atoms with E-state index in [1.807, 2.05) is 0 Å². The van der Waals surface area contributed by atoms with Crippen molar-refractivity contribution in [2.24, 2.45) is 0 Å². The minimum absolute atomic E-state index is 0.672. The lowest BCUT2D eigenvalue weighted by Gasteiger charge is -2.07. The third kappa shape index (κ3) is 2.27. The maximum atomic E-state index is 4.60. The first kappa shape index (κ1) is 10.3. The number of aromatic amines is 1. The van der Waals surface area contributed by atoms with Crippen LogP contribution in [0.1, 0.15) is 30.1 Å². The number of anilines is 1. The van der Waals surface area contributed by atoms with E-state index in [9.17, 15) is 0 Å². The molecule has 0 aliphatic heterocycles. The fourth-order valence-electron chi connectivity index (χ4n) is 2.16. The van der Waals surface area contributed by atoms with Gasteiger partial charge in [-0.3, -0.25) is 4.98 Å². The van der Waals surface area contributed by atoms with Crippen molar-refractivity contribution in [3.63, 3.8) is 0 Å². The number of H-pyrrole nitrogens is 1. The second kappa shape index (κ2) is 4.53. The second-order valence-corrected chi connectivity index (χ2v) is 4.26. The predicted molar refractivity (Wildman–Crippen MR) is 64.6 cm³/mol. The summed E-state index contributed by atoms with van der Waals surface area (Å²) in [4.78, 5) is 16.1. The first-order chi connectivity index (χ1) is 8.42. The Morgan fingerprint density at radius 1 is 1.24 bits per heavy atom. The minimum atomic E-state index is 0.672. The van der Waals surface area contributed by atoms with Crippen molar-refractivity contribution >= 4 is 5.82 Å². The summed E-state index contributed by atoms with van der Waals surface area (Å²) in [5, 5.41) is 3.20. The molecule has 17 heavy (non-hydrogen) atoms. The van der Waals surface area contributed by atoms with Crippen LogP contribution in [0.3, 0.4) is 0 Å². The molecule has 0 fully saturated rings. The highest BCUT2D eigenvalue weighted by atomic mass is 15.0.